The van der Waals surface area contributed by atoms with Gasteiger partial charge in [0.15, 0.2) is 0 Å². The van der Waals surface area contributed by atoms with Gasteiger partial charge in [-0.25, -0.2) is 9.78 Å². The van der Waals surface area contributed by atoms with E-state index in [2.05, 4.69) is 10.3 Å². The molecule has 1 aliphatic rings. The molecule has 2 heterocycles. The van der Waals surface area contributed by atoms with Crippen molar-refractivity contribution in [1.82, 2.24) is 15.2 Å². The number of hydrogen-bond acceptors (Lipinski definition) is 5. The molecular formula is C11H12N4O2. The lowest BCUT2D eigenvalue weighted by atomic mass is 10.3. The highest BCUT2D eigenvalue weighted by molar-refractivity contribution is 5.71. The molecule has 0 aliphatic carbocycles. The third-order valence-electron chi connectivity index (χ3n) is 2.45. The quantitative estimate of drug-likeness (QED) is 0.756. The predicted octanol–water partition coefficient (Wildman–Crippen LogP) is 0.357. The molecule has 0 aromatic carbocycles. The Morgan fingerprint density at radius 2 is 2.29 bits per heavy atom. The van der Waals surface area contributed by atoms with Gasteiger partial charge in [-0.2, -0.15) is 5.26 Å². The van der Waals surface area contributed by atoms with Crippen molar-refractivity contribution >= 4 is 6.09 Å². The number of carbonyl (C=O) groups is 1. The van der Waals surface area contributed by atoms with Crippen LogP contribution in [0.5, 0.6) is 5.88 Å². The topological polar surface area (TPSA) is 78.2 Å². The number of nitrogens with zero attached hydrogens (tertiary/aromatic N) is 3. The van der Waals surface area contributed by atoms with Crippen molar-refractivity contribution in [2.45, 2.75) is 0 Å². The molecule has 1 fully saturated rings. The minimum absolute atomic E-state index is 0.0681. The van der Waals surface area contributed by atoms with Gasteiger partial charge in [0.1, 0.15) is 11.6 Å². The molecular weight excluding hydrogens is 220 g/mol. The summed E-state index contributed by atoms with van der Waals surface area (Å²) < 4.78 is 5.10. The SMILES string of the molecule is N#Cc1cccnc1OC(=O)N1CCNCC1. The third kappa shape index (κ3) is 2.71. The highest BCUT2D eigenvalue weighted by Gasteiger charge is 2.19. The first-order valence-corrected chi connectivity index (χ1v) is 5.34. The van der Waals surface area contributed by atoms with E-state index in [1.807, 2.05) is 6.07 Å². The average molecular weight is 232 g/mol. The van der Waals surface area contributed by atoms with Crippen LogP contribution in [0.25, 0.3) is 0 Å². The maximum absolute atomic E-state index is 11.8. The van der Waals surface area contributed by atoms with E-state index in [1.165, 1.54) is 6.20 Å². The zero-order valence-electron chi connectivity index (χ0n) is 9.22. The Kier molecular flexibility index (Phi) is 3.52. The van der Waals surface area contributed by atoms with Gasteiger partial charge >= 0.3 is 6.09 Å². The number of piperazine rings is 1. The molecule has 6 heteroatoms. The van der Waals surface area contributed by atoms with Gasteiger partial charge in [-0.1, -0.05) is 0 Å². The minimum atomic E-state index is -0.457. The van der Waals surface area contributed by atoms with Crippen LogP contribution in [0.2, 0.25) is 0 Å². The fourth-order valence-electron chi connectivity index (χ4n) is 1.55. The number of nitrogens with one attached hydrogen (secondary N) is 1. The van der Waals surface area contributed by atoms with E-state index in [9.17, 15) is 4.79 Å². The van der Waals surface area contributed by atoms with Crippen LogP contribution < -0.4 is 10.1 Å². The number of ether oxygens (including phenoxy) is 1. The predicted molar refractivity (Wildman–Crippen MR) is 59.4 cm³/mol. The smallest absolute Gasteiger partial charge is 0.390 e. The number of aromatic nitrogens is 1. The summed E-state index contributed by atoms with van der Waals surface area (Å²) in [6.07, 6.45) is 1.03. The van der Waals surface area contributed by atoms with E-state index in [4.69, 9.17) is 10.00 Å². The van der Waals surface area contributed by atoms with Crippen LogP contribution >= 0.6 is 0 Å². The Labute approximate surface area is 98.8 Å². The lowest BCUT2D eigenvalue weighted by molar-refractivity contribution is 0.144. The lowest BCUT2D eigenvalue weighted by Crippen LogP contribution is -2.47. The summed E-state index contributed by atoms with van der Waals surface area (Å²) in [4.78, 5) is 17.2. The van der Waals surface area contributed by atoms with E-state index in [0.29, 0.717) is 13.1 Å². The minimum Gasteiger partial charge on any atom is -0.390 e. The molecule has 0 radical (unpaired) electrons. The van der Waals surface area contributed by atoms with Crippen molar-refractivity contribution in [2.75, 3.05) is 26.2 Å². The number of hydrogen-bond donors (Lipinski definition) is 1. The maximum Gasteiger partial charge on any atom is 0.416 e. The summed E-state index contributed by atoms with van der Waals surface area (Å²) in [6, 6.07) is 5.12. The molecule has 6 nitrogen and oxygen atoms in total. The fourth-order valence-corrected chi connectivity index (χ4v) is 1.55. The van der Waals surface area contributed by atoms with Gasteiger partial charge in [-0.05, 0) is 12.1 Å². The van der Waals surface area contributed by atoms with Crippen LogP contribution in [0.3, 0.4) is 0 Å². The van der Waals surface area contributed by atoms with Crippen LogP contribution in [0.1, 0.15) is 5.56 Å². The van der Waals surface area contributed by atoms with Gasteiger partial charge in [0.25, 0.3) is 0 Å². The molecule has 1 aromatic rings. The number of amides is 1. The zero-order valence-corrected chi connectivity index (χ0v) is 9.22. The Morgan fingerprint density at radius 1 is 1.53 bits per heavy atom. The molecule has 0 atom stereocenters. The first kappa shape index (κ1) is 11.4. The third-order valence-corrected chi connectivity index (χ3v) is 2.45. The van der Waals surface area contributed by atoms with E-state index in [0.717, 1.165) is 13.1 Å². The summed E-state index contributed by atoms with van der Waals surface area (Å²) in [5.41, 5.74) is 0.260. The second kappa shape index (κ2) is 5.27. The van der Waals surface area contributed by atoms with Gasteiger partial charge in [-0.15, -0.1) is 0 Å². The van der Waals surface area contributed by atoms with E-state index >= 15 is 0 Å². The van der Waals surface area contributed by atoms with E-state index in [-0.39, 0.29) is 11.4 Å². The van der Waals surface area contributed by atoms with Crippen molar-refractivity contribution in [3.05, 3.63) is 23.9 Å². The highest BCUT2D eigenvalue weighted by atomic mass is 16.6. The first-order chi connectivity index (χ1) is 8.31. The van der Waals surface area contributed by atoms with Crippen molar-refractivity contribution in [2.24, 2.45) is 0 Å². The molecule has 1 aromatic heterocycles. The van der Waals surface area contributed by atoms with Crippen LogP contribution in [0, 0.1) is 11.3 Å². The number of nitriles is 1. The Bertz CT molecular complexity index is 449. The summed E-state index contributed by atoms with van der Waals surface area (Å²) in [5, 5.41) is 12.0. The Morgan fingerprint density at radius 3 is 3.00 bits per heavy atom. The van der Waals surface area contributed by atoms with Crippen molar-refractivity contribution in [1.29, 1.82) is 5.26 Å². The largest absolute Gasteiger partial charge is 0.416 e. The lowest BCUT2D eigenvalue weighted by Gasteiger charge is -2.26. The summed E-state index contributed by atoms with van der Waals surface area (Å²) in [7, 11) is 0. The molecule has 17 heavy (non-hydrogen) atoms. The summed E-state index contributed by atoms with van der Waals surface area (Å²) in [6.45, 7) is 2.71. The number of rotatable bonds is 1. The molecule has 1 amide bonds. The molecule has 1 aliphatic heterocycles. The molecule has 0 unspecified atom stereocenters. The van der Waals surface area contributed by atoms with Crippen molar-refractivity contribution in [3.63, 3.8) is 0 Å². The van der Waals surface area contributed by atoms with Gasteiger partial charge in [0.2, 0.25) is 5.88 Å². The standard InChI is InChI=1S/C11H12N4O2/c12-8-9-2-1-3-14-10(9)17-11(16)15-6-4-13-5-7-15/h1-3,13H,4-7H2. The van der Waals surface area contributed by atoms with Crippen LogP contribution in [-0.2, 0) is 0 Å². The molecule has 1 saturated heterocycles. The molecule has 0 spiro atoms. The van der Waals surface area contributed by atoms with Crippen LogP contribution in [0.4, 0.5) is 4.79 Å². The highest BCUT2D eigenvalue weighted by Crippen LogP contribution is 2.13. The van der Waals surface area contributed by atoms with Gasteiger partial charge < -0.3 is 15.0 Å². The monoisotopic (exact) mass is 232 g/mol. The van der Waals surface area contributed by atoms with Crippen molar-refractivity contribution < 1.29 is 9.53 Å². The van der Waals surface area contributed by atoms with Gasteiger partial charge in [-0.3, -0.25) is 0 Å². The fraction of sp³-hybridized carbons (Fsp3) is 0.364. The van der Waals surface area contributed by atoms with Gasteiger partial charge in [0.05, 0.1) is 0 Å². The molecule has 0 saturated carbocycles. The van der Waals surface area contributed by atoms with Crippen molar-refractivity contribution in [3.8, 4) is 11.9 Å². The zero-order chi connectivity index (χ0) is 12.1. The molecule has 1 N–H and O–H groups in total. The normalized spacial score (nSPS) is 15.1. The van der Waals surface area contributed by atoms with E-state index < -0.39 is 6.09 Å². The number of pyridine rings is 1. The number of carbonyl (C=O) groups excluding carboxylic acids is 1. The van der Waals surface area contributed by atoms with Crippen LogP contribution in [0.15, 0.2) is 18.3 Å². The van der Waals surface area contributed by atoms with Crippen LogP contribution in [-0.4, -0.2) is 42.2 Å². The maximum atomic E-state index is 11.8. The molecule has 88 valence electrons. The Hall–Kier alpha value is -2.13. The average Bonchev–Trinajstić information content (AvgIpc) is 2.40. The summed E-state index contributed by atoms with van der Waals surface area (Å²) >= 11 is 0. The second-order valence-electron chi connectivity index (χ2n) is 3.57. The first-order valence-electron chi connectivity index (χ1n) is 5.34. The van der Waals surface area contributed by atoms with E-state index in [1.54, 1.807) is 17.0 Å². The second-order valence-corrected chi connectivity index (χ2v) is 3.57. The van der Waals surface area contributed by atoms with Gasteiger partial charge in [0, 0.05) is 32.4 Å². The summed E-state index contributed by atoms with van der Waals surface area (Å²) in [5.74, 6) is 0.0681. The Balaban J connectivity index is 2.05. The molecule has 2 rings (SSSR count). The molecule has 0 bridgehead atoms.